The van der Waals surface area contributed by atoms with Gasteiger partial charge < -0.3 is 11.1 Å². The van der Waals surface area contributed by atoms with Gasteiger partial charge in [0.05, 0.1) is 0 Å². The predicted octanol–water partition coefficient (Wildman–Crippen LogP) is 3.84. The van der Waals surface area contributed by atoms with Gasteiger partial charge in [0.1, 0.15) is 5.82 Å². The standard InChI is InChI=1S/C17H19FN2O/c1-10-6-13(7-11(2)17(10)18)9-20-14-4-5-16(19)15(8-14)12(3)21/h4-8,20H,9,19H2,1-3H3. The third kappa shape index (κ3) is 3.40. The molecule has 0 fully saturated rings. The van der Waals surface area contributed by atoms with Crippen molar-refractivity contribution in [3.63, 3.8) is 0 Å². The van der Waals surface area contributed by atoms with Crippen molar-refractivity contribution in [2.24, 2.45) is 0 Å². The van der Waals surface area contributed by atoms with Crippen molar-refractivity contribution in [3.8, 4) is 0 Å². The number of carbonyl (C=O) groups is 1. The number of hydrogen-bond acceptors (Lipinski definition) is 3. The Labute approximate surface area is 124 Å². The fourth-order valence-electron chi connectivity index (χ4n) is 2.31. The van der Waals surface area contributed by atoms with Gasteiger partial charge in [-0.25, -0.2) is 4.39 Å². The van der Waals surface area contributed by atoms with Gasteiger partial charge in [0.2, 0.25) is 0 Å². The molecular weight excluding hydrogens is 267 g/mol. The van der Waals surface area contributed by atoms with Crippen LogP contribution in [0.4, 0.5) is 15.8 Å². The summed E-state index contributed by atoms with van der Waals surface area (Å²) in [5, 5.41) is 3.23. The van der Waals surface area contributed by atoms with E-state index in [1.54, 1.807) is 26.0 Å². The molecule has 0 heterocycles. The molecule has 2 aromatic carbocycles. The van der Waals surface area contributed by atoms with Crippen molar-refractivity contribution >= 4 is 17.2 Å². The van der Waals surface area contributed by atoms with Gasteiger partial charge in [0.15, 0.2) is 5.78 Å². The van der Waals surface area contributed by atoms with E-state index in [0.29, 0.717) is 28.9 Å². The number of ketones is 1. The summed E-state index contributed by atoms with van der Waals surface area (Å²) in [7, 11) is 0. The second-order valence-electron chi connectivity index (χ2n) is 5.26. The maximum Gasteiger partial charge on any atom is 0.161 e. The van der Waals surface area contributed by atoms with Gasteiger partial charge in [-0.15, -0.1) is 0 Å². The van der Waals surface area contributed by atoms with Gasteiger partial charge >= 0.3 is 0 Å². The first kappa shape index (κ1) is 15.0. The maximum atomic E-state index is 13.6. The van der Waals surface area contributed by atoms with E-state index in [9.17, 15) is 9.18 Å². The van der Waals surface area contributed by atoms with Crippen LogP contribution in [0, 0.1) is 19.7 Å². The average molecular weight is 286 g/mol. The van der Waals surface area contributed by atoms with Gasteiger partial charge in [-0.1, -0.05) is 12.1 Å². The molecule has 0 saturated heterocycles. The maximum absolute atomic E-state index is 13.6. The molecule has 21 heavy (non-hydrogen) atoms. The lowest BCUT2D eigenvalue weighted by atomic mass is 10.1. The summed E-state index contributed by atoms with van der Waals surface area (Å²) in [4.78, 5) is 11.5. The van der Waals surface area contributed by atoms with E-state index in [-0.39, 0.29) is 11.6 Å². The summed E-state index contributed by atoms with van der Waals surface area (Å²) in [5.74, 6) is -0.227. The zero-order chi connectivity index (χ0) is 15.6. The van der Waals surface area contributed by atoms with E-state index in [0.717, 1.165) is 11.3 Å². The lowest BCUT2D eigenvalue weighted by Gasteiger charge is -2.11. The fraction of sp³-hybridized carbons (Fsp3) is 0.235. The second kappa shape index (κ2) is 5.95. The van der Waals surface area contributed by atoms with E-state index >= 15 is 0 Å². The molecule has 0 aliphatic heterocycles. The molecule has 0 atom stereocenters. The number of halogens is 1. The number of hydrogen-bond donors (Lipinski definition) is 2. The van der Waals surface area contributed by atoms with Crippen LogP contribution in [0.1, 0.15) is 34.0 Å². The van der Waals surface area contributed by atoms with Crippen LogP contribution in [0.5, 0.6) is 0 Å². The molecular formula is C17H19FN2O. The van der Waals surface area contributed by atoms with E-state index in [2.05, 4.69) is 5.32 Å². The zero-order valence-corrected chi connectivity index (χ0v) is 12.5. The number of nitrogens with two attached hydrogens (primary N) is 1. The first-order chi connectivity index (χ1) is 9.88. The number of rotatable bonds is 4. The van der Waals surface area contributed by atoms with Gasteiger partial charge in [-0.05, 0) is 55.7 Å². The summed E-state index contributed by atoms with van der Waals surface area (Å²) in [6.45, 7) is 5.55. The molecule has 2 rings (SSSR count). The van der Waals surface area contributed by atoms with Crippen molar-refractivity contribution in [3.05, 3.63) is 58.4 Å². The Kier molecular flexibility index (Phi) is 4.26. The van der Waals surface area contributed by atoms with Crippen LogP contribution in [0.15, 0.2) is 30.3 Å². The van der Waals surface area contributed by atoms with Crippen LogP contribution in [0.25, 0.3) is 0 Å². The van der Waals surface area contributed by atoms with Crippen LogP contribution >= 0.6 is 0 Å². The summed E-state index contributed by atoms with van der Waals surface area (Å²) in [6, 6.07) is 8.91. The van der Waals surface area contributed by atoms with E-state index in [4.69, 9.17) is 5.73 Å². The Hall–Kier alpha value is -2.36. The Balaban J connectivity index is 2.17. The van der Waals surface area contributed by atoms with Crippen molar-refractivity contribution < 1.29 is 9.18 Å². The smallest absolute Gasteiger partial charge is 0.161 e. The normalized spacial score (nSPS) is 10.5. The molecule has 0 radical (unpaired) electrons. The Bertz CT molecular complexity index is 672. The van der Waals surface area contributed by atoms with Crippen molar-refractivity contribution in [2.45, 2.75) is 27.3 Å². The predicted molar refractivity (Wildman–Crippen MR) is 84.1 cm³/mol. The van der Waals surface area contributed by atoms with Crippen molar-refractivity contribution in [1.82, 2.24) is 0 Å². The zero-order valence-electron chi connectivity index (χ0n) is 12.5. The molecule has 0 unspecified atom stereocenters. The highest BCUT2D eigenvalue weighted by atomic mass is 19.1. The van der Waals surface area contributed by atoms with E-state index in [1.165, 1.54) is 6.92 Å². The van der Waals surface area contributed by atoms with Crippen LogP contribution in [-0.2, 0) is 6.54 Å². The molecule has 110 valence electrons. The first-order valence-corrected chi connectivity index (χ1v) is 6.78. The fourth-order valence-corrected chi connectivity index (χ4v) is 2.31. The minimum atomic E-state index is -0.162. The van der Waals surface area contributed by atoms with Crippen molar-refractivity contribution in [2.75, 3.05) is 11.1 Å². The molecule has 3 N–H and O–H groups in total. The molecule has 3 nitrogen and oxygen atoms in total. The highest BCUT2D eigenvalue weighted by Gasteiger charge is 2.07. The van der Waals surface area contributed by atoms with Gasteiger partial charge in [-0.3, -0.25) is 4.79 Å². The minimum Gasteiger partial charge on any atom is -0.398 e. The topological polar surface area (TPSA) is 55.1 Å². The van der Waals surface area contributed by atoms with Gasteiger partial charge in [0.25, 0.3) is 0 Å². The van der Waals surface area contributed by atoms with E-state index < -0.39 is 0 Å². The largest absolute Gasteiger partial charge is 0.398 e. The summed E-state index contributed by atoms with van der Waals surface area (Å²) in [6.07, 6.45) is 0. The Morgan fingerprint density at radius 2 is 1.81 bits per heavy atom. The number of nitrogen functional groups attached to an aromatic ring is 1. The lowest BCUT2D eigenvalue weighted by molar-refractivity contribution is 0.101. The van der Waals surface area contributed by atoms with Crippen LogP contribution in [0.3, 0.4) is 0 Å². The SMILES string of the molecule is CC(=O)c1cc(NCc2cc(C)c(F)c(C)c2)ccc1N. The monoisotopic (exact) mass is 286 g/mol. The number of nitrogens with one attached hydrogen (secondary N) is 1. The molecule has 0 aliphatic carbocycles. The highest BCUT2D eigenvalue weighted by molar-refractivity contribution is 6.00. The Morgan fingerprint density at radius 3 is 2.38 bits per heavy atom. The minimum absolute atomic E-state index is 0.0652. The first-order valence-electron chi connectivity index (χ1n) is 6.78. The van der Waals surface area contributed by atoms with Crippen LogP contribution in [0.2, 0.25) is 0 Å². The summed E-state index contributed by atoms with van der Waals surface area (Å²) < 4.78 is 13.6. The molecule has 4 heteroatoms. The lowest BCUT2D eigenvalue weighted by Crippen LogP contribution is -2.04. The molecule has 0 bridgehead atoms. The number of Topliss-reactive ketones (excluding diaryl/α,β-unsaturated/α-hetero) is 1. The third-order valence-electron chi connectivity index (χ3n) is 3.43. The number of anilines is 2. The van der Waals surface area contributed by atoms with Crippen LogP contribution in [-0.4, -0.2) is 5.78 Å². The average Bonchev–Trinajstić information content (AvgIpc) is 2.43. The number of aryl methyl sites for hydroxylation is 2. The Morgan fingerprint density at radius 1 is 1.19 bits per heavy atom. The van der Waals surface area contributed by atoms with Crippen molar-refractivity contribution in [1.29, 1.82) is 0 Å². The molecule has 2 aromatic rings. The van der Waals surface area contributed by atoms with E-state index in [1.807, 2.05) is 18.2 Å². The number of carbonyl (C=O) groups excluding carboxylic acids is 1. The van der Waals surface area contributed by atoms with Crippen LogP contribution < -0.4 is 11.1 Å². The number of benzene rings is 2. The third-order valence-corrected chi connectivity index (χ3v) is 3.43. The second-order valence-corrected chi connectivity index (χ2v) is 5.26. The quantitative estimate of drug-likeness (QED) is 0.663. The summed E-state index contributed by atoms with van der Waals surface area (Å²) >= 11 is 0. The molecule has 0 aromatic heterocycles. The molecule has 0 amide bonds. The van der Waals surface area contributed by atoms with Gasteiger partial charge in [0, 0.05) is 23.5 Å². The van der Waals surface area contributed by atoms with Gasteiger partial charge in [-0.2, -0.15) is 0 Å². The highest BCUT2D eigenvalue weighted by Crippen LogP contribution is 2.20. The molecule has 0 aliphatic rings. The summed E-state index contributed by atoms with van der Waals surface area (Å²) in [5.41, 5.74) is 9.82. The molecule has 0 spiro atoms. The molecule has 0 saturated carbocycles.